The quantitative estimate of drug-likeness (QED) is 0.528. The van der Waals surface area contributed by atoms with Gasteiger partial charge in [0.2, 0.25) is 5.78 Å². The molecule has 2 aromatic carbocycles. The van der Waals surface area contributed by atoms with Crippen molar-refractivity contribution in [3.05, 3.63) is 87.9 Å². The first-order valence-electron chi connectivity index (χ1n) is 8.47. The first kappa shape index (κ1) is 17.7. The Morgan fingerprint density at radius 3 is 2.54 bits per heavy atom. The van der Waals surface area contributed by atoms with Crippen molar-refractivity contribution >= 4 is 28.7 Å². The Morgan fingerprint density at radius 2 is 1.82 bits per heavy atom. The van der Waals surface area contributed by atoms with Crippen LogP contribution in [0, 0.1) is 6.92 Å². The van der Waals surface area contributed by atoms with E-state index in [4.69, 9.17) is 0 Å². The van der Waals surface area contributed by atoms with Gasteiger partial charge < -0.3 is 5.32 Å². The molecular weight excluding hydrogens is 374 g/mol. The molecule has 8 heteroatoms. The summed E-state index contributed by atoms with van der Waals surface area (Å²) in [6.07, 6.45) is 0. The van der Waals surface area contributed by atoms with Crippen molar-refractivity contribution in [2.24, 2.45) is 0 Å². The molecule has 1 N–H and O–H groups in total. The fourth-order valence-corrected chi connectivity index (χ4v) is 3.48. The van der Waals surface area contributed by atoms with Gasteiger partial charge in [0.1, 0.15) is 0 Å². The fourth-order valence-electron chi connectivity index (χ4n) is 2.80. The minimum absolute atomic E-state index is 0.168. The third kappa shape index (κ3) is 3.45. The van der Waals surface area contributed by atoms with E-state index >= 15 is 0 Å². The Balaban J connectivity index is 1.62. The number of nitrogens with zero attached hydrogens (tertiary/aromatic N) is 4. The number of aryl methyl sites for hydroxylation is 1. The van der Waals surface area contributed by atoms with Crippen LogP contribution in [0.3, 0.4) is 0 Å². The van der Waals surface area contributed by atoms with E-state index in [0.717, 1.165) is 5.69 Å². The summed E-state index contributed by atoms with van der Waals surface area (Å²) in [6, 6.07) is 17.5. The summed E-state index contributed by atoms with van der Waals surface area (Å²) >= 11 is 1.35. The van der Waals surface area contributed by atoms with E-state index in [0.29, 0.717) is 27.5 Å². The van der Waals surface area contributed by atoms with Crippen LogP contribution in [0.1, 0.15) is 31.4 Å². The Labute approximate surface area is 164 Å². The van der Waals surface area contributed by atoms with E-state index < -0.39 is 0 Å². The number of ketones is 1. The van der Waals surface area contributed by atoms with Crippen molar-refractivity contribution in [2.75, 3.05) is 5.32 Å². The van der Waals surface area contributed by atoms with E-state index in [2.05, 4.69) is 20.8 Å². The van der Waals surface area contributed by atoms with Gasteiger partial charge >= 0.3 is 0 Å². The maximum Gasteiger partial charge on any atom is 0.256 e. The predicted octanol–water partition coefficient (Wildman–Crippen LogP) is 3.52. The molecule has 0 bridgehead atoms. The highest BCUT2D eigenvalue weighted by atomic mass is 32.1. The van der Waals surface area contributed by atoms with Crippen LogP contribution in [0.4, 0.5) is 5.69 Å². The van der Waals surface area contributed by atoms with Gasteiger partial charge in [0.25, 0.3) is 5.91 Å². The number of nitrogens with one attached hydrogen (secondary N) is 1. The molecule has 0 radical (unpaired) electrons. The summed E-state index contributed by atoms with van der Waals surface area (Å²) in [7, 11) is 0. The molecule has 0 saturated carbocycles. The third-order valence-corrected chi connectivity index (χ3v) is 5.00. The molecule has 138 valence electrons. The molecule has 0 fully saturated rings. The van der Waals surface area contributed by atoms with Crippen LogP contribution in [-0.2, 0) is 0 Å². The van der Waals surface area contributed by atoms with E-state index in [-0.39, 0.29) is 11.7 Å². The number of benzene rings is 2. The molecule has 4 aromatic rings. The smallest absolute Gasteiger partial charge is 0.256 e. The molecular formula is C20H15N5O2S. The van der Waals surface area contributed by atoms with Crippen LogP contribution in [0.15, 0.2) is 66.0 Å². The second-order valence-electron chi connectivity index (χ2n) is 5.99. The van der Waals surface area contributed by atoms with Crippen molar-refractivity contribution in [1.82, 2.24) is 20.2 Å². The molecule has 0 aliphatic heterocycles. The number of carbonyl (C=O) groups excluding carboxylic acids is 2. The number of anilines is 1. The maximum absolute atomic E-state index is 12.9. The molecule has 0 aliphatic carbocycles. The molecule has 4 rings (SSSR count). The highest BCUT2D eigenvalue weighted by Gasteiger charge is 2.19. The predicted molar refractivity (Wildman–Crippen MR) is 106 cm³/mol. The molecule has 2 heterocycles. The van der Waals surface area contributed by atoms with Gasteiger partial charge in [-0.25, -0.2) is 0 Å². The number of hydrogen-bond donors (Lipinski definition) is 1. The van der Waals surface area contributed by atoms with Crippen molar-refractivity contribution in [3.8, 4) is 5.69 Å². The molecule has 2 aromatic heterocycles. The van der Waals surface area contributed by atoms with Crippen molar-refractivity contribution in [1.29, 1.82) is 0 Å². The van der Waals surface area contributed by atoms with E-state index in [1.165, 1.54) is 11.3 Å². The lowest BCUT2D eigenvalue weighted by atomic mass is 10.0. The topological polar surface area (TPSA) is 89.8 Å². The van der Waals surface area contributed by atoms with Crippen LogP contribution in [0.25, 0.3) is 5.69 Å². The second-order valence-corrected chi connectivity index (χ2v) is 6.94. The second kappa shape index (κ2) is 7.53. The van der Waals surface area contributed by atoms with Crippen molar-refractivity contribution < 1.29 is 9.59 Å². The first-order chi connectivity index (χ1) is 13.6. The SMILES string of the molecule is Cc1nnnn1-c1cccc(NC(=O)c2ccccc2C(=O)c2cccs2)c1. The number of hydrogen-bond acceptors (Lipinski definition) is 6. The average molecular weight is 389 g/mol. The normalized spacial score (nSPS) is 10.6. The van der Waals surface area contributed by atoms with Crippen LogP contribution < -0.4 is 5.32 Å². The molecule has 0 unspecified atom stereocenters. The summed E-state index contributed by atoms with van der Waals surface area (Å²) in [4.78, 5) is 26.2. The van der Waals surface area contributed by atoms with Gasteiger partial charge in [0, 0.05) is 11.3 Å². The summed E-state index contributed by atoms with van der Waals surface area (Å²) in [6.45, 7) is 1.79. The lowest BCUT2D eigenvalue weighted by Gasteiger charge is -2.10. The monoisotopic (exact) mass is 389 g/mol. The van der Waals surface area contributed by atoms with Crippen LogP contribution in [-0.4, -0.2) is 31.9 Å². The zero-order chi connectivity index (χ0) is 19.5. The summed E-state index contributed by atoms with van der Waals surface area (Å²) in [5, 5.41) is 16.1. The number of aromatic nitrogens is 4. The van der Waals surface area contributed by atoms with Gasteiger partial charge in [0.05, 0.1) is 16.1 Å². The van der Waals surface area contributed by atoms with Crippen LogP contribution >= 0.6 is 11.3 Å². The molecule has 0 atom stereocenters. The molecule has 28 heavy (non-hydrogen) atoms. The number of thiophene rings is 1. The van der Waals surface area contributed by atoms with Crippen LogP contribution in [0.5, 0.6) is 0 Å². The molecule has 1 amide bonds. The van der Waals surface area contributed by atoms with E-state index in [9.17, 15) is 9.59 Å². The van der Waals surface area contributed by atoms with E-state index in [1.54, 1.807) is 60.1 Å². The average Bonchev–Trinajstić information content (AvgIpc) is 3.39. The highest BCUT2D eigenvalue weighted by Crippen LogP contribution is 2.20. The molecule has 0 spiro atoms. The Bertz CT molecular complexity index is 1150. The number of carbonyl (C=O) groups is 2. The van der Waals surface area contributed by atoms with Gasteiger partial charge in [-0.2, -0.15) is 4.68 Å². The fraction of sp³-hybridized carbons (Fsp3) is 0.0500. The van der Waals surface area contributed by atoms with E-state index in [1.807, 2.05) is 17.5 Å². The Hall–Kier alpha value is -3.65. The molecule has 0 aliphatic rings. The minimum atomic E-state index is -0.355. The largest absolute Gasteiger partial charge is 0.322 e. The van der Waals surface area contributed by atoms with Crippen molar-refractivity contribution in [2.45, 2.75) is 6.92 Å². The summed E-state index contributed by atoms with van der Waals surface area (Å²) in [5.74, 6) is 0.111. The number of amides is 1. The number of tetrazole rings is 1. The van der Waals surface area contributed by atoms with Gasteiger partial charge in [-0.3, -0.25) is 9.59 Å². The van der Waals surface area contributed by atoms with Crippen molar-refractivity contribution in [3.63, 3.8) is 0 Å². The third-order valence-electron chi connectivity index (χ3n) is 4.14. The minimum Gasteiger partial charge on any atom is -0.322 e. The number of rotatable bonds is 5. The Morgan fingerprint density at radius 1 is 1.00 bits per heavy atom. The van der Waals surface area contributed by atoms with Gasteiger partial charge in [0.15, 0.2) is 5.82 Å². The van der Waals surface area contributed by atoms with Crippen LogP contribution in [0.2, 0.25) is 0 Å². The highest BCUT2D eigenvalue weighted by molar-refractivity contribution is 7.12. The van der Waals surface area contributed by atoms with Gasteiger partial charge in [-0.05, 0) is 53.1 Å². The molecule has 7 nitrogen and oxygen atoms in total. The van der Waals surface area contributed by atoms with Gasteiger partial charge in [-0.1, -0.05) is 30.3 Å². The summed E-state index contributed by atoms with van der Waals surface area (Å²) in [5.41, 5.74) is 2.00. The zero-order valence-corrected chi connectivity index (χ0v) is 15.7. The lowest BCUT2D eigenvalue weighted by Crippen LogP contribution is -2.16. The van der Waals surface area contributed by atoms with Gasteiger partial charge in [-0.15, -0.1) is 16.4 Å². The lowest BCUT2D eigenvalue weighted by molar-refractivity contribution is 0.0998. The first-order valence-corrected chi connectivity index (χ1v) is 9.35. The standard InChI is InChI=1S/C20H15N5O2S/c1-13-22-23-24-25(13)15-7-4-6-14(12-15)21-20(27)17-9-3-2-8-16(17)19(26)18-10-5-11-28-18/h2-12H,1H3,(H,21,27). The maximum atomic E-state index is 12.9. The summed E-state index contributed by atoms with van der Waals surface area (Å²) < 4.78 is 1.57. The Kier molecular flexibility index (Phi) is 4.77. The zero-order valence-electron chi connectivity index (χ0n) is 14.9. The molecule has 0 saturated heterocycles.